The topological polar surface area (TPSA) is 36.4 Å². The van der Waals surface area contributed by atoms with Crippen LogP contribution >= 0.6 is 11.8 Å². The van der Waals surface area contributed by atoms with E-state index in [4.69, 9.17) is 5.11 Å². The maximum absolute atomic E-state index is 12.2. The number of hydrogen-bond donors (Lipinski definition) is 1. The maximum atomic E-state index is 12.2. The van der Waals surface area contributed by atoms with Crippen molar-refractivity contribution in [1.29, 1.82) is 0 Å². The highest BCUT2D eigenvalue weighted by Crippen LogP contribution is 2.31. The number of alkyl halides is 3. The van der Waals surface area contributed by atoms with Crippen molar-refractivity contribution in [2.75, 3.05) is 10.8 Å². The Morgan fingerprint density at radius 2 is 2.12 bits per heavy atom. The number of halogens is 3. The van der Waals surface area contributed by atoms with Crippen molar-refractivity contribution in [3.63, 3.8) is 0 Å². The van der Waals surface area contributed by atoms with Crippen molar-refractivity contribution < 1.29 is 18.3 Å². The first-order valence-corrected chi connectivity index (χ1v) is 5.29. The number of aromatic nitrogens is 1. The third kappa shape index (κ3) is 2.24. The average molecular weight is 248 g/mol. The summed E-state index contributed by atoms with van der Waals surface area (Å²) in [5.74, 6) is 0.828. The quantitative estimate of drug-likeness (QED) is 0.828. The number of rotatable bonds is 1. The summed E-state index contributed by atoms with van der Waals surface area (Å²) in [5, 5.41) is 9.25. The Morgan fingerprint density at radius 3 is 2.56 bits per heavy atom. The number of nitrogens with zero attached hydrogens (tertiary/aromatic N) is 2. The molecule has 0 saturated carbocycles. The molecule has 0 saturated heterocycles. The minimum Gasteiger partial charge on any atom is -0.501 e. The van der Waals surface area contributed by atoms with E-state index in [1.54, 1.807) is 4.90 Å². The van der Waals surface area contributed by atoms with E-state index in [0.717, 1.165) is 12.3 Å². The monoisotopic (exact) mass is 248 g/mol. The molecule has 1 aliphatic rings. The predicted molar refractivity (Wildman–Crippen MR) is 54.9 cm³/mol. The van der Waals surface area contributed by atoms with Crippen LogP contribution in [-0.2, 0) is 6.18 Å². The first kappa shape index (κ1) is 11.1. The van der Waals surface area contributed by atoms with Crippen molar-refractivity contribution in [2.24, 2.45) is 0 Å². The van der Waals surface area contributed by atoms with Crippen LogP contribution in [0.15, 0.2) is 29.6 Å². The van der Waals surface area contributed by atoms with Crippen LogP contribution in [0.25, 0.3) is 0 Å². The molecule has 3 nitrogen and oxygen atoms in total. The molecule has 0 aromatic carbocycles. The lowest BCUT2D eigenvalue weighted by atomic mass is 10.3. The Balaban J connectivity index is 2.20. The molecule has 1 aromatic heterocycles. The van der Waals surface area contributed by atoms with Gasteiger partial charge in [0.25, 0.3) is 0 Å². The van der Waals surface area contributed by atoms with E-state index < -0.39 is 11.7 Å². The van der Waals surface area contributed by atoms with Crippen molar-refractivity contribution in [3.8, 4) is 0 Å². The Hall–Kier alpha value is -1.37. The summed E-state index contributed by atoms with van der Waals surface area (Å²) in [7, 11) is 0. The van der Waals surface area contributed by atoms with Crippen LogP contribution in [0.3, 0.4) is 0 Å². The summed E-state index contributed by atoms with van der Waals surface area (Å²) in [6.07, 6.45) is -2.16. The maximum Gasteiger partial charge on any atom is 0.417 e. The number of anilines is 1. The van der Waals surface area contributed by atoms with Gasteiger partial charge in [-0.25, -0.2) is 4.98 Å². The molecule has 0 spiro atoms. The lowest BCUT2D eigenvalue weighted by Gasteiger charge is -2.13. The van der Waals surface area contributed by atoms with Gasteiger partial charge in [-0.15, -0.1) is 0 Å². The molecule has 2 heterocycles. The average Bonchev–Trinajstić information content (AvgIpc) is 2.64. The van der Waals surface area contributed by atoms with E-state index in [0.29, 0.717) is 11.7 Å². The first-order chi connectivity index (χ1) is 7.47. The summed E-state index contributed by atoms with van der Waals surface area (Å²) in [6, 6.07) is 2.24. The number of aliphatic hydroxyl groups excluding tert-OH is 1. The fourth-order valence-electron chi connectivity index (χ4n) is 1.20. The van der Waals surface area contributed by atoms with Gasteiger partial charge in [-0.1, -0.05) is 11.8 Å². The Morgan fingerprint density at radius 1 is 1.38 bits per heavy atom. The van der Waals surface area contributed by atoms with Crippen molar-refractivity contribution in [1.82, 2.24) is 4.98 Å². The molecule has 86 valence electrons. The normalized spacial score (nSPS) is 16.4. The Labute approximate surface area is 93.6 Å². The number of pyridine rings is 1. The molecular formula is C9H7F3N2OS. The summed E-state index contributed by atoms with van der Waals surface area (Å²) >= 11 is 1.19. The molecule has 2 rings (SSSR count). The second-order valence-corrected chi connectivity index (χ2v) is 4.08. The molecule has 0 amide bonds. The van der Waals surface area contributed by atoms with Crippen LogP contribution < -0.4 is 4.90 Å². The fourth-order valence-corrected chi connectivity index (χ4v) is 1.88. The second kappa shape index (κ2) is 3.89. The molecule has 0 unspecified atom stereocenters. The van der Waals surface area contributed by atoms with E-state index in [2.05, 4.69) is 4.98 Å². The second-order valence-electron chi connectivity index (χ2n) is 3.11. The number of thioether (sulfide) groups is 1. The SMILES string of the molecule is OC1=CN(c2ccc(C(F)(F)F)cn2)CS1. The van der Waals surface area contributed by atoms with E-state index >= 15 is 0 Å². The fraction of sp³-hybridized carbons (Fsp3) is 0.222. The minimum absolute atomic E-state index is 0.127. The molecule has 1 aromatic rings. The zero-order valence-electron chi connectivity index (χ0n) is 7.90. The molecule has 1 N–H and O–H groups in total. The molecule has 16 heavy (non-hydrogen) atoms. The molecule has 7 heteroatoms. The van der Waals surface area contributed by atoms with E-state index in [-0.39, 0.29) is 5.09 Å². The van der Waals surface area contributed by atoms with E-state index in [1.165, 1.54) is 24.0 Å². The highest BCUT2D eigenvalue weighted by atomic mass is 32.2. The van der Waals surface area contributed by atoms with Gasteiger partial charge in [0, 0.05) is 6.20 Å². The minimum atomic E-state index is -4.37. The Kier molecular flexibility index (Phi) is 2.71. The van der Waals surface area contributed by atoms with Crippen LogP contribution in [0.4, 0.5) is 19.0 Å². The van der Waals surface area contributed by atoms with Gasteiger partial charge < -0.3 is 10.0 Å². The zero-order chi connectivity index (χ0) is 11.8. The molecule has 0 fully saturated rings. The predicted octanol–water partition coefficient (Wildman–Crippen LogP) is 2.97. The Bertz CT molecular complexity index is 416. The van der Waals surface area contributed by atoms with Crippen LogP contribution in [0.5, 0.6) is 0 Å². The lowest BCUT2D eigenvalue weighted by Crippen LogP contribution is -2.13. The van der Waals surface area contributed by atoms with Gasteiger partial charge in [0.1, 0.15) is 5.82 Å². The molecule has 0 aliphatic carbocycles. The highest BCUT2D eigenvalue weighted by Gasteiger charge is 2.31. The summed E-state index contributed by atoms with van der Waals surface area (Å²) in [6.45, 7) is 0. The van der Waals surface area contributed by atoms with E-state index in [9.17, 15) is 13.2 Å². The van der Waals surface area contributed by atoms with Gasteiger partial charge in [-0.2, -0.15) is 13.2 Å². The van der Waals surface area contributed by atoms with Gasteiger partial charge >= 0.3 is 6.18 Å². The molecule has 1 aliphatic heterocycles. The molecule has 0 radical (unpaired) electrons. The smallest absolute Gasteiger partial charge is 0.417 e. The van der Waals surface area contributed by atoms with Crippen LogP contribution in [-0.4, -0.2) is 16.0 Å². The third-order valence-electron chi connectivity index (χ3n) is 1.99. The van der Waals surface area contributed by atoms with Crippen molar-refractivity contribution >= 4 is 17.6 Å². The van der Waals surface area contributed by atoms with Crippen molar-refractivity contribution in [2.45, 2.75) is 6.18 Å². The summed E-state index contributed by atoms with van der Waals surface area (Å²) < 4.78 is 36.7. The number of aliphatic hydroxyl groups is 1. The van der Waals surface area contributed by atoms with Gasteiger partial charge in [0.2, 0.25) is 0 Å². The zero-order valence-corrected chi connectivity index (χ0v) is 8.72. The lowest BCUT2D eigenvalue weighted by molar-refractivity contribution is -0.137. The summed E-state index contributed by atoms with van der Waals surface area (Å²) in [4.78, 5) is 5.27. The standard InChI is InChI=1S/C9H7F3N2OS/c10-9(11,12)6-1-2-7(13-3-6)14-4-8(15)16-5-14/h1-4,15H,5H2. The first-order valence-electron chi connectivity index (χ1n) is 4.30. The largest absolute Gasteiger partial charge is 0.501 e. The molecular weight excluding hydrogens is 241 g/mol. The molecule has 0 atom stereocenters. The van der Waals surface area contributed by atoms with Gasteiger partial charge in [-0.05, 0) is 12.1 Å². The number of hydrogen-bond acceptors (Lipinski definition) is 4. The van der Waals surface area contributed by atoms with Gasteiger partial charge in [-0.3, -0.25) is 0 Å². The molecule has 0 bridgehead atoms. The van der Waals surface area contributed by atoms with Gasteiger partial charge in [0.05, 0.1) is 17.6 Å². The van der Waals surface area contributed by atoms with Gasteiger partial charge in [0.15, 0.2) is 5.09 Å². The highest BCUT2D eigenvalue weighted by molar-refractivity contribution is 8.03. The van der Waals surface area contributed by atoms with Crippen LogP contribution in [0.2, 0.25) is 0 Å². The van der Waals surface area contributed by atoms with Crippen LogP contribution in [0.1, 0.15) is 5.56 Å². The van der Waals surface area contributed by atoms with Crippen molar-refractivity contribution in [3.05, 3.63) is 35.2 Å². The van der Waals surface area contributed by atoms with Crippen LogP contribution in [0, 0.1) is 0 Å². The third-order valence-corrected chi connectivity index (χ3v) is 2.80. The summed E-state index contributed by atoms with van der Waals surface area (Å²) in [5.41, 5.74) is -0.781. The van der Waals surface area contributed by atoms with E-state index in [1.807, 2.05) is 0 Å².